The molecule has 0 fully saturated rings. The maximum absolute atomic E-state index is 10.8. The van der Waals surface area contributed by atoms with E-state index in [1.165, 1.54) is 10.5 Å². The molecule has 0 amide bonds. The molecule has 0 aliphatic carbocycles. The molecule has 1 aromatic carbocycles. The lowest BCUT2D eigenvalue weighted by atomic mass is 9.81. The summed E-state index contributed by atoms with van der Waals surface area (Å²) < 4.78 is 0.911. The summed E-state index contributed by atoms with van der Waals surface area (Å²) in [6, 6.07) is 4.12. The van der Waals surface area contributed by atoms with Gasteiger partial charge in [-0.3, -0.25) is 4.79 Å². The first kappa shape index (κ1) is 13.0. The molecule has 0 saturated carbocycles. The number of rotatable bonds is 2. The van der Waals surface area contributed by atoms with Crippen LogP contribution >= 0.6 is 27.7 Å². The second kappa shape index (κ2) is 4.65. The van der Waals surface area contributed by atoms with Crippen LogP contribution in [0.25, 0.3) is 0 Å². The third-order valence-corrected chi connectivity index (χ3v) is 5.00. The second-order valence-corrected chi connectivity index (χ2v) is 6.98. The van der Waals surface area contributed by atoms with Crippen molar-refractivity contribution >= 4 is 33.7 Å². The SMILES string of the molecule is CC1(C)CCSc2cc(CC(=O)O)c(Br)cc21. The molecule has 0 radical (unpaired) electrons. The van der Waals surface area contributed by atoms with E-state index in [1.807, 2.05) is 17.8 Å². The van der Waals surface area contributed by atoms with Crippen LogP contribution in [0.15, 0.2) is 21.5 Å². The molecule has 0 saturated heterocycles. The van der Waals surface area contributed by atoms with Crippen LogP contribution in [0.4, 0.5) is 0 Å². The van der Waals surface area contributed by atoms with Crippen molar-refractivity contribution in [3.05, 3.63) is 27.7 Å². The summed E-state index contributed by atoms with van der Waals surface area (Å²) in [6.07, 6.45) is 1.24. The fourth-order valence-corrected chi connectivity index (χ4v) is 4.13. The third-order valence-electron chi connectivity index (χ3n) is 3.20. The number of carbonyl (C=O) groups is 1. The number of hydrogen-bond donors (Lipinski definition) is 1. The molecule has 1 N–H and O–H groups in total. The summed E-state index contributed by atoms with van der Waals surface area (Å²) in [6.45, 7) is 4.49. The monoisotopic (exact) mass is 314 g/mol. The smallest absolute Gasteiger partial charge is 0.307 e. The Bertz CT molecular complexity index is 469. The van der Waals surface area contributed by atoms with Crippen molar-refractivity contribution in [2.45, 2.75) is 37.0 Å². The van der Waals surface area contributed by atoms with Gasteiger partial charge in [-0.15, -0.1) is 11.8 Å². The average molecular weight is 315 g/mol. The van der Waals surface area contributed by atoms with Crippen LogP contribution in [0.1, 0.15) is 31.4 Å². The van der Waals surface area contributed by atoms with Crippen molar-refractivity contribution in [3.63, 3.8) is 0 Å². The van der Waals surface area contributed by atoms with Gasteiger partial charge in [-0.2, -0.15) is 0 Å². The molecule has 0 bridgehead atoms. The standard InChI is InChI=1S/C13H15BrO2S/c1-13(2)3-4-17-11-5-8(6-12(15)16)10(14)7-9(11)13/h5,7H,3-4,6H2,1-2H3,(H,15,16). The van der Waals surface area contributed by atoms with Gasteiger partial charge in [0.25, 0.3) is 0 Å². The topological polar surface area (TPSA) is 37.3 Å². The second-order valence-electron chi connectivity index (χ2n) is 4.99. The lowest BCUT2D eigenvalue weighted by Crippen LogP contribution is -2.23. The number of fused-ring (bicyclic) bond motifs is 1. The van der Waals surface area contributed by atoms with E-state index in [4.69, 9.17) is 5.11 Å². The van der Waals surface area contributed by atoms with E-state index in [0.717, 1.165) is 22.2 Å². The van der Waals surface area contributed by atoms with Crippen LogP contribution in [-0.4, -0.2) is 16.8 Å². The van der Waals surface area contributed by atoms with E-state index in [2.05, 4.69) is 35.8 Å². The minimum Gasteiger partial charge on any atom is -0.481 e. The van der Waals surface area contributed by atoms with Gasteiger partial charge in [0.2, 0.25) is 0 Å². The number of aliphatic carboxylic acids is 1. The minimum absolute atomic E-state index is 0.0782. The summed E-state index contributed by atoms with van der Waals surface area (Å²) >= 11 is 5.31. The molecule has 2 nitrogen and oxygen atoms in total. The molecular formula is C13H15BrO2S. The zero-order chi connectivity index (χ0) is 12.6. The molecule has 2 rings (SSSR count). The van der Waals surface area contributed by atoms with Crippen LogP contribution in [0.3, 0.4) is 0 Å². The molecule has 0 aromatic heterocycles. The van der Waals surface area contributed by atoms with Crippen molar-refractivity contribution in [1.29, 1.82) is 0 Å². The zero-order valence-corrected chi connectivity index (χ0v) is 12.3. The molecule has 0 spiro atoms. The van der Waals surface area contributed by atoms with Gasteiger partial charge in [0.1, 0.15) is 0 Å². The number of hydrogen-bond acceptors (Lipinski definition) is 2. The Labute approximate surface area is 114 Å². The summed E-state index contributed by atoms with van der Waals surface area (Å²) in [4.78, 5) is 12.0. The van der Waals surface area contributed by atoms with Gasteiger partial charge in [0.15, 0.2) is 0 Å². The Kier molecular flexibility index (Phi) is 3.55. The first-order valence-corrected chi connectivity index (χ1v) is 7.35. The predicted octanol–water partition coefficient (Wildman–Crippen LogP) is 3.85. The third kappa shape index (κ3) is 2.68. The van der Waals surface area contributed by atoms with Crippen molar-refractivity contribution in [1.82, 2.24) is 0 Å². The van der Waals surface area contributed by atoms with E-state index < -0.39 is 5.97 Å². The predicted molar refractivity (Wildman–Crippen MR) is 73.8 cm³/mol. The van der Waals surface area contributed by atoms with Crippen LogP contribution < -0.4 is 0 Å². The highest BCUT2D eigenvalue weighted by molar-refractivity contribution is 9.10. The lowest BCUT2D eigenvalue weighted by Gasteiger charge is -2.32. The van der Waals surface area contributed by atoms with Gasteiger partial charge in [-0.25, -0.2) is 0 Å². The molecular weight excluding hydrogens is 300 g/mol. The molecule has 17 heavy (non-hydrogen) atoms. The largest absolute Gasteiger partial charge is 0.481 e. The van der Waals surface area contributed by atoms with E-state index in [0.29, 0.717) is 0 Å². The average Bonchev–Trinajstić information content (AvgIpc) is 2.19. The Morgan fingerprint density at radius 3 is 2.88 bits per heavy atom. The highest BCUT2D eigenvalue weighted by Gasteiger charge is 2.28. The molecule has 0 unspecified atom stereocenters. The quantitative estimate of drug-likeness (QED) is 0.901. The number of halogens is 1. The van der Waals surface area contributed by atoms with Crippen LogP contribution in [0.2, 0.25) is 0 Å². The van der Waals surface area contributed by atoms with Crippen molar-refractivity contribution in [3.8, 4) is 0 Å². The minimum atomic E-state index is -0.786. The Hall–Kier alpha value is -0.480. The van der Waals surface area contributed by atoms with Gasteiger partial charge >= 0.3 is 5.97 Å². The summed E-state index contributed by atoms with van der Waals surface area (Å²) in [5, 5.41) is 8.87. The van der Waals surface area contributed by atoms with Gasteiger partial charge in [-0.05, 0) is 40.8 Å². The van der Waals surface area contributed by atoms with Gasteiger partial charge < -0.3 is 5.11 Å². The molecule has 0 atom stereocenters. The molecule has 1 aromatic rings. The molecule has 1 heterocycles. The van der Waals surface area contributed by atoms with Gasteiger partial charge in [-0.1, -0.05) is 29.8 Å². The Morgan fingerprint density at radius 2 is 2.24 bits per heavy atom. The number of benzene rings is 1. The molecule has 4 heteroatoms. The molecule has 1 aliphatic rings. The lowest BCUT2D eigenvalue weighted by molar-refractivity contribution is -0.136. The Morgan fingerprint density at radius 1 is 1.53 bits per heavy atom. The van der Waals surface area contributed by atoms with E-state index in [-0.39, 0.29) is 11.8 Å². The first-order valence-electron chi connectivity index (χ1n) is 5.57. The first-order chi connectivity index (χ1) is 7.90. The Balaban J connectivity index is 2.47. The zero-order valence-electron chi connectivity index (χ0n) is 9.92. The normalized spacial score (nSPS) is 17.6. The maximum Gasteiger partial charge on any atom is 0.307 e. The molecule has 92 valence electrons. The summed E-state index contributed by atoms with van der Waals surface area (Å²) in [5.41, 5.74) is 2.38. The van der Waals surface area contributed by atoms with E-state index in [1.54, 1.807) is 0 Å². The summed E-state index contributed by atoms with van der Waals surface area (Å²) in [7, 11) is 0. The van der Waals surface area contributed by atoms with Crippen molar-refractivity contribution < 1.29 is 9.90 Å². The summed E-state index contributed by atoms with van der Waals surface area (Å²) in [5.74, 6) is 0.319. The van der Waals surface area contributed by atoms with Gasteiger partial charge in [0.05, 0.1) is 6.42 Å². The number of carboxylic acid groups (broad SMARTS) is 1. The van der Waals surface area contributed by atoms with Crippen LogP contribution in [-0.2, 0) is 16.6 Å². The highest BCUT2D eigenvalue weighted by atomic mass is 79.9. The number of carboxylic acids is 1. The maximum atomic E-state index is 10.8. The fourth-order valence-electron chi connectivity index (χ4n) is 2.09. The number of thioether (sulfide) groups is 1. The van der Waals surface area contributed by atoms with Crippen molar-refractivity contribution in [2.24, 2.45) is 0 Å². The fraction of sp³-hybridized carbons (Fsp3) is 0.462. The molecule has 1 aliphatic heterocycles. The van der Waals surface area contributed by atoms with Crippen LogP contribution in [0, 0.1) is 0 Å². The van der Waals surface area contributed by atoms with E-state index in [9.17, 15) is 4.79 Å². The van der Waals surface area contributed by atoms with E-state index >= 15 is 0 Å². The van der Waals surface area contributed by atoms with Crippen molar-refractivity contribution in [2.75, 3.05) is 5.75 Å². The van der Waals surface area contributed by atoms with Gasteiger partial charge in [0, 0.05) is 9.37 Å². The highest BCUT2D eigenvalue weighted by Crippen LogP contribution is 2.43. The van der Waals surface area contributed by atoms with Crippen LogP contribution in [0.5, 0.6) is 0 Å².